The maximum atomic E-state index is 11.8. The number of fused-ring (bicyclic) bond motifs is 1. The molecule has 1 aromatic carbocycles. The molecule has 1 aromatic heterocycles. The first kappa shape index (κ1) is 35.0. The number of hydrogen-bond donors (Lipinski definition) is 10. The first-order valence-electron chi connectivity index (χ1n) is 14.7. The number of nitrogens with two attached hydrogens (primary N) is 3. The minimum atomic E-state index is -1.60. The van der Waals surface area contributed by atoms with Gasteiger partial charge in [0.05, 0.1) is 37.9 Å². The van der Waals surface area contributed by atoms with Crippen molar-refractivity contribution in [2.75, 3.05) is 19.8 Å². The number of ether oxygens (including phenoxy) is 6. The Kier molecular flexibility index (Phi) is 10.9. The van der Waals surface area contributed by atoms with E-state index in [4.69, 9.17) is 50.0 Å². The molecule has 4 heterocycles. The van der Waals surface area contributed by atoms with Crippen molar-refractivity contribution >= 4 is 11.0 Å². The molecule has 3 saturated heterocycles. The molecule has 46 heavy (non-hydrogen) atoms. The Morgan fingerprint density at radius 2 is 1.20 bits per heavy atom. The summed E-state index contributed by atoms with van der Waals surface area (Å²) in [5, 5.41) is 72.8. The van der Waals surface area contributed by atoms with Crippen LogP contribution in [0.1, 0.15) is 5.56 Å². The Balaban J connectivity index is 1.26. The zero-order valence-corrected chi connectivity index (χ0v) is 24.7. The van der Waals surface area contributed by atoms with Crippen LogP contribution in [0.3, 0.4) is 0 Å². The molecule has 0 spiro atoms. The van der Waals surface area contributed by atoms with Crippen LogP contribution >= 0.6 is 0 Å². The Hall–Kier alpha value is -2.37. The summed E-state index contributed by atoms with van der Waals surface area (Å²) < 4.78 is 39.7. The van der Waals surface area contributed by atoms with Gasteiger partial charge in [0, 0.05) is 17.5 Å². The molecule has 13 N–H and O–H groups in total. The summed E-state index contributed by atoms with van der Waals surface area (Å²) in [6.45, 7) is -0.306. The standard InChI is InChI=1S/C28H41N3O15/c1-9-4-16(35)41-12-5-10(2-3-11(9)12)40-26-18(30)22(38)24(14(7-33)43-26)46-28-19(31)23(39)25(15(8-34)44-28)45-27-17(29)21(37)20(36)13(6-32)42-27/h2-5,13-15,17-28,32-34,36-39H,6-8,29-31H2,1H3/t13-,14-,15-,17-,18-,19-,20-,21-,22-,23-,24-,25-,26-,27+,28+/m1/s1. The Labute approximate surface area is 261 Å². The maximum absolute atomic E-state index is 11.8. The highest BCUT2D eigenvalue weighted by Gasteiger charge is 2.52. The van der Waals surface area contributed by atoms with Crippen LogP contribution in [0, 0.1) is 6.92 Å². The third-order valence-electron chi connectivity index (χ3n) is 8.49. The number of hydrogen-bond acceptors (Lipinski definition) is 18. The summed E-state index contributed by atoms with van der Waals surface area (Å²) in [4.78, 5) is 11.8. The topological polar surface area (TPSA) is 305 Å². The predicted molar refractivity (Wildman–Crippen MR) is 153 cm³/mol. The first-order chi connectivity index (χ1) is 21.9. The van der Waals surface area contributed by atoms with Gasteiger partial charge < -0.3 is 85.8 Å². The fourth-order valence-corrected chi connectivity index (χ4v) is 5.79. The van der Waals surface area contributed by atoms with Crippen LogP contribution in [-0.4, -0.2) is 147 Å². The van der Waals surface area contributed by atoms with Gasteiger partial charge in [0.25, 0.3) is 0 Å². The van der Waals surface area contributed by atoms with Gasteiger partial charge in [-0.1, -0.05) is 0 Å². The van der Waals surface area contributed by atoms with Crippen LogP contribution in [0.25, 0.3) is 11.0 Å². The fourth-order valence-electron chi connectivity index (χ4n) is 5.79. The summed E-state index contributed by atoms with van der Waals surface area (Å²) in [6.07, 6.45) is -16.9. The molecular formula is C28H41N3O15. The highest BCUT2D eigenvalue weighted by atomic mass is 16.7. The van der Waals surface area contributed by atoms with Gasteiger partial charge in [-0.05, 0) is 24.6 Å². The van der Waals surface area contributed by atoms with E-state index in [0.29, 0.717) is 10.9 Å². The average Bonchev–Trinajstić information content (AvgIpc) is 3.03. The monoisotopic (exact) mass is 659 g/mol. The van der Waals surface area contributed by atoms with Gasteiger partial charge in [0.1, 0.15) is 66.3 Å². The largest absolute Gasteiger partial charge is 0.463 e. The molecule has 3 fully saturated rings. The van der Waals surface area contributed by atoms with Crippen LogP contribution < -0.4 is 27.6 Å². The van der Waals surface area contributed by atoms with E-state index in [9.17, 15) is 40.5 Å². The highest BCUT2D eigenvalue weighted by Crippen LogP contribution is 2.32. The van der Waals surface area contributed by atoms with Crippen molar-refractivity contribution in [1.82, 2.24) is 0 Å². The Morgan fingerprint density at radius 3 is 1.76 bits per heavy atom. The minimum absolute atomic E-state index is 0.205. The van der Waals surface area contributed by atoms with Gasteiger partial charge in [-0.3, -0.25) is 0 Å². The molecule has 18 heteroatoms. The van der Waals surface area contributed by atoms with Crippen LogP contribution in [0.4, 0.5) is 0 Å². The molecule has 15 atom stereocenters. The summed E-state index contributed by atoms with van der Waals surface area (Å²) in [5.41, 5.74) is 18.8. The second-order valence-corrected chi connectivity index (χ2v) is 11.6. The zero-order chi connectivity index (χ0) is 33.4. The average molecular weight is 660 g/mol. The lowest BCUT2D eigenvalue weighted by Gasteiger charge is -2.48. The molecule has 2 aromatic rings. The lowest BCUT2D eigenvalue weighted by molar-refractivity contribution is -0.347. The first-order valence-corrected chi connectivity index (χ1v) is 14.7. The fraction of sp³-hybridized carbons (Fsp3) is 0.679. The number of rotatable bonds is 9. The maximum Gasteiger partial charge on any atom is 0.336 e. The van der Waals surface area contributed by atoms with Gasteiger partial charge in [0.15, 0.2) is 12.6 Å². The number of aryl methyl sites for hydroxylation is 1. The van der Waals surface area contributed by atoms with E-state index in [1.807, 2.05) is 0 Å². The van der Waals surface area contributed by atoms with Crippen molar-refractivity contribution in [1.29, 1.82) is 0 Å². The molecule has 0 bridgehead atoms. The number of aliphatic hydroxyl groups is 7. The van der Waals surface area contributed by atoms with Gasteiger partial charge in [-0.15, -0.1) is 0 Å². The van der Waals surface area contributed by atoms with Gasteiger partial charge >= 0.3 is 5.63 Å². The summed E-state index contributed by atoms with van der Waals surface area (Å²) >= 11 is 0. The molecular weight excluding hydrogens is 618 g/mol. The molecule has 0 unspecified atom stereocenters. The van der Waals surface area contributed by atoms with Crippen molar-refractivity contribution in [2.45, 2.75) is 98.9 Å². The molecule has 18 nitrogen and oxygen atoms in total. The SMILES string of the molecule is Cc1cc(=O)oc2cc(O[C@@H]3O[C@H](CO)[C@@H](O[C@@H]4O[C@H](CO)[C@@H](O[C@@H]5O[C@H](CO)[C@@H](O)[C@H](O)[C@H]5N)[C@H](O)[C@H]4N)[C@H](O)[C@H]3N)ccc12. The predicted octanol–water partition coefficient (Wildman–Crippen LogP) is -5.17. The van der Waals surface area contributed by atoms with E-state index in [2.05, 4.69) is 0 Å². The van der Waals surface area contributed by atoms with Crippen LogP contribution in [0.2, 0.25) is 0 Å². The molecule has 3 aliphatic rings. The lowest BCUT2D eigenvalue weighted by Crippen LogP contribution is -2.69. The van der Waals surface area contributed by atoms with E-state index < -0.39 is 117 Å². The third kappa shape index (κ3) is 6.79. The van der Waals surface area contributed by atoms with Crippen molar-refractivity contribution in [3.05, 3.63) is 40.2 Å². The zero-order valence-electron chi connectivity index (χ0n) is 24.7. The molecule has 0 aliphatic carbocycles. The summed E-state index contributed by atoms with van der Waals surface area (Å²) in [7, 11) is 0. The molecule has 0 saturated carbocycles. The van der Waals surface area contributed by atoms with Crippen LogP contribution in [-0.2, 0) is 23.7 Å². The third-order valence-corrected chi connectivity index (χ3v) is 8.49. The Bertz CT molecular complexity index is 1380. The summed E-state index contributed by atoms with van der Waals surface area (Å²) in [5.74, 6) is 0.205. The second kappa shape index (κ2) is 14.4. The van der Waals surface area contributed by atoms with Crippen molar-refractivity contribution in [3.63, 3.8) is 0 Å². The number of benzene rings is 1. The van der Waals surface area contributed by atoms with E-state index in [1.165, 1.54) is 12.1 Å². The van der Waals surface area contributed by atoms with Gasteiger partial charge in [-0.25, -0.2) is 4.79 Å². The van der Waals surface area contributed by atoms with Crippen molar-refractivity contribution in [3.8, 4) is 5.75 Å². The summed E-state index contributed by atoms with van der Waals surface area (Å²) in [6, 6.07) is 2.17. The molecule has 0 amide bonds. The Morgan fingerprint density at radius 1 is 0.696 bits per heavy atom. The normalized spacial score (nSPS) is 41.8. The molecule has 258 valence electrons. The van der Waals surface area contributed by atoms with Crippen LogP contribution in [0.15, 0.2) is 33.5 Å². The minimum Gasteiger partial charge on any atom is -0.463 e. The van der Waals surface area contributed by atoms with Crippen molar-refractivity contribution < 1.29 is 68.6 Å². The van der Waals surface area contributed by atoms with E-state index in [0.717, 1.165) is 0 Å². The second-order valence-electron chi connectivity index (χ2n) is 11.6. The molecule has 3 aliphatic heterocycles. The van der Waals surface area contributed by atoms with Gasteiger partial charge in [0.2, 0.25) is 6.29 Å². The quantitative estimate of drug-likeness (QED) is 0.112. The van der Waals surface area contributed by atoms with Crippen molar-refractivity contribution in [2.24, 2.45) is 17.2 Å². The van der Waals surface area contributed by atoms with Gasteiger partial charge in [-0.2, -0.15) is 0 Å². The van der Waals surface area contributed by atoms with E-state index >= 15 is 0 Å². The number of aliphatic hydroxyl groups excluding tert-OH is 7. The van der Waals surface area contributed by atoms with E-state index in [1.54, 1.807) is 19.1 Å². The molecule has 5 rings (SSSR count). The lowest BCUT2D eigenvalue weighted by atomic mass is 9.94. The van der Waals surface area contributed by atoms with Crippen LogP contribution in [0.5, 0.6) is 5.75 Å². The molecule has 0 radical (unpaired) electrons. The van der Waals surface area contributed by atoms with E-state index in [-0.39, 0.29) is 11.3 Å². The smallest absolute Gasteiger partial charge is 0.336 e. The highest BCUT2D eigenvalue weighted by molar-refractivity contribution is 5.81.